The molecular weight excluding hydrogens is 236 g/mol. The third-order valence-corrected chi connectivity index (χ3v) is 2.80. The quantitative estimate of drug-likeness (QED) is 0.579. The van der Waals surface area contributed by atoms with Gasteiger partial charge in [-0.25, -0.2) is 0 Å². The van der Waals surface area contributed by atoms with E-state index in [1.165, 1.54) is 6.08 Å². The zero-order valence-electron chi connectivity index (χ0n) is 10.7. The van der Waals surface area contributed by atoms with Crippen LogP contribution in [0.15, 0.2) is 73.3 Å². The number of carbonyl (C=O) groups excluding carboxylic acids is 1. The second-order valence-electron chi connectivity index (χ2n) is 4.18. The van der Waals surface area contributed by atoms with Gasteiger partial charge in [0.05, 0.1) is 6.61 Å². The van der Waals surface area contributed by atoms with E-state index in [-0.39, 0.29) is 5.78 Å². The van der Waals surface area contributed by atoms with E-state index in [1.54, 1.807) is 12.1 Å². The van der Waals surface area contributed by atoms with Crippen molar-refractivity contribution in [3.63, 3.8) is 0 Å². The molecule has 1 unspecified atom stereocenters. The third-order valence-electron chi connectivity index (χ3n) is 2.80. The van der Waals surface area contributed by atoms with Gasteiger partial charge in [-0.05, 0) is 5.56 Å². The van der Waals surface area contributed by atoms with Gasteiger partial charge in [-0.1, -0.05) is 66.7 Å². The zero-order chi connectivity index (χ0) is 13.5. The Kier molecular flexibility index (Phi) is 4.65. The molecule has 0 saturated carbocycles. The van der Waals surface area contributed by atoms with Gasteiger partial charge in [-0.2, -0.15) is 0 Å². The molecule has 2 aromatic rings. The molecule has 0 bridgehead atoms. The summed E-state index contributed by atoms with van der Waals surface area (Å²) in [6.07, 6.45) is 0.931. The Morgan fingerprint density at radius 1 is 1.05 bits per heavy atom. The molecule has 19 heavy (non-hydrogen) atoms. The summed E-state index contributed by atoms with van der Waals surface area (Å²) in [5.41, 5.74) is 1.68. The molecule has 2 rings (SSSR count). The lowest BCUT2D eigenvalue weighted by Crippen LogP contribution is -2.21. The molecule has 0 amide bonds. The molecule has 0 aromatic heterocycles. The first kappa shape index (κ1) is 13.2. The van der Waals surface area contributed by atoms with Crippen LogP contribution in [0.3, 0.4) is 0 Å². The summed E-state index contributed by atoms with van der Waals surface area (Å²) < 4.78 is 5.63. The number of hydrogen-bond acceptors (Lipinski definition) is 2. The molecule has 0 N–H and O–H groups in total. The van der Waals surface area contributed by atoms with Crippen molar-refractivity contribution in [2.75, 3.05) is 0 Å². The Hall–Kier alpha value is -2.19. The topological polar surface area (TPSA) is 26.3 Å². The number of carbonyl (C=O) groups is 1. The average molecular weight is 252 g/mol. The Labute approximate surface area is 113 Å². The maximum Gasteiger partial charge on any atom is 0.195 e. The molecular formula is C17H16O2. The maximum absolute atomic E-state index is 12.2. The van der Waals surface area contributed by atoms with E-state index in [2.05, 4.69) is 6.58 Å². The van der Waals surface area contributed by atoms with Gasteiger partial charge in [-0.3, -0.25) is 4.79 Å². The number of hydrogen-bond donors (Lipinski definition) is 0. The number of rotatable bonds is 6. The average Bonchev–Trinajstić information content (AvgIpc) is 2.49. The fraction of sp³-hybridized carbons (Fsp3) is 0.118. The molecule has 96 valence electrons. The Bertz CT molecular complexity index is 532. The van der Waals surface area contributed by atoms with Crippen molar-refractivity contribution in [2.45, 2.75) is 12.7 Å². The number of ketones is 1. The lowest BCUT2D eigenvalue weighted by atomic mass is 10.1. The van der Waals surface area contributed by atoms with E-state index < -0.39 is 6.10 Å². The second-order valence-corrected chi connectivity index (χ2v) is 4.18. The van der Waals surface area contributed by atoms with Crippen LogP contribution >= 0.6 is 0 Å². The van der Waals surface area contributed by atoms with Crippen LogP contribution < -0.4 is 0 Å². The predicted molar refractivity (Wildman–Crippen MR) is 76.0 cm³/mol. The van der Waals surface area contributed by atoms with Gasteiger partial charge >= 0.3 is 0 Å². The van der Waals surface area contributed by atoms with Gasteiger partial charge < -0.3 is 4.74 Å². The van der Waals surface area contributed by atoms with E-state index >= 15 is 0 Å². The molecule has 0 aliphatic heterocycles. The van der Waals surface area contributed by atoms with Gasteiger partial charge in [0.2, 0.25) is 0 Å². The second kappa shape index (κ2) is 6.66. The lowest BCUT2D eigenvalue weighted by molar-refractivity contribution is 0.0513. The minimum atomic E-state index is -0.609. The highest BCUT2D eigenvalue weighted by Gasteiger charge is 2.17. The molecule has 1 atom stereocenters. The van der Waals surface area contributed by atoms with Crippen LogP contribution in [0.5, 0.6) is 0 Å². The van der Waals surface area contributed by atoms with Crippen molar-refractivity contribution in [3.05, 3.63) is 84.4 Å². The Morgan fingerprint density at radius 2 is 1.63 bits per heavy atom. The van der Waals surface area contributed by atoms with E-state index in [4.69, 9.17) is 4.74 Å². The van der Waals surface area contributed by atoms with E-state index in [0.29, 0.717) is 12.2 Å². The summed E-state index contributed by atoms with van der Waals surface area (Å²) in [6.45, 7) is 4.07. The van der Waals surface area contributed by atoms with Crippen LogP contribution in [-0.4, -0.2) is 11.9 Å². The summed E-state index contributed by atoms with van der Waals surface area (Å²) in [5, 5.41) is 0. The minimum Gasteiger partial charge on any atom is -0.361 e. The first-order valence-corrected chi connectivity index (χ1v) is 6.18. The SMILES string of the molecule is C=CC(OCc1ccccc1)C(=O)c1ccccc1. The van der Waals surface area contributed by atoms with Crippen molar-refractivity contribution in [2.24, 2.45) is 0 Å². The number of Topliss-reactive ketones (excluding diaryl/α,β-unsaturated/α-hetero) is 1. The Balaban J connectivity index is 2.01. The summed E-state index contributed by atoms with van der Waals surface area (Å²) in [5.74, 6) is -0.0634. The fourth-order valence-corrected chi connectivity index (χ4v) is 1.78. The van der Waals surface area contributed by atoms with Crippen LogP contribution in [-0.2, 0) is 11.3 Å². The van der Waals surface area contributed by atoms with Gasteiger partial charge in [0, 0.05) is 5.56 Å². The first-order chi connectivity index (χ1) is 9.31. The molecule has 0 fully saturated rings. The van der Waals surface area contributed by atoms with E-state index in [0.717, 1.165) is 5.56 Å². The molecule has 2 nitrogen and oxygen atoms in total. The van der Waals surface area contributed by atoms with Crippen molar-refractivity contribution in [3.8, 4) is 0 Å². The molecule has 2 aromatic carbocycles. The Morgan fingerprint density at radius 3 is 2.21 bits per heavy atom. The van der Waals surface area contributed by atoms with Crippen molar-refractivity contribution in [1.82, 2.24) is 0 Å². The molecule has 2 heteroatoms. The lowest BCUT2D eigenvalue weighted by Gasteiger charge is -2.13. The van der Waals surface area contributed by atoms with Crippen molar-refractivity contribution >= 4 is 5.78 Å². The smallest absolute Gasteiger partial charge is 0.195 e. The minimum absolute atomic E-state index is 0.0634. The van der Waals surface area contributed by atoms with Gasteiger partial charge in [-0.15, -0.1) is 6.58 Å². The number of ether oxygens (including phenoxy) is 1. The fourth-order valence-electron chi connectivity index (χ4n) is 1.78. The summed E-state index contributed by atoms with van der Waals surface area (Å²) in [6, 6.07) is 18.9. The van der Waals surface area contributed by atoms with Crippen molar-refractivity contribution < 1.29 is 9.53 Å². The van der Waals surface area contributed by atoms with Crippen molar-refractivity contribution in [1.29, 1.82) is 0 Å². The highest BCUT2D eigenvalue weighted by atomic mass is 16.5. The summed E-state index contributed by atoms with van der Waals surface area (Å²) in [4.78, 5) is 12.2. The number of benzene rings is 2. The molecule has 0 saturated heterocycles. The molecule has 0 aliphatic carbocycles. The molecule has 0 heterocycles. The molecule has 0 radical (unpaired) electrons. The largest absolute Gasteiger partial charge is 0.361 e. The van der Waals surface area contributed by atoms with Crippen LogP contribution in [0, 0.1) is 0 Å². The summed E-state index contributed by atoms with van der Waals surface area (Å²) >= 11 is 0. The molecule has 0 spiro atoms. The predicted octanol–water partition coefficient (Wildman–Crippen LogP) is 3.64. The van der Waals surface area contributed by atoms with Crippen LogP contribution in [0.2, 0.25) is 0 Å². The highest BCUT2D eigenvalue weighted by Crippen LogP contribution is 2.10. The molecule has 0 aliphatic rings. The van der Waals surface area contributed by atoms with Gasteiger partial charge in [0.1, 0.15) is 6.10 Å². The highest BCUT2D eigenvalue weighted by molar-refractivity contribution is 6.00. The standard InChI is InChI=1S/C17H16O2/c1-2-16(17(18)15-11-7-4-8-12-15)19-13-14-9-5-3-6-10-14/h2-12,16H,1,13H2. The summed E-state index contributed by atoms with van der Waals surface area (Å²) in [7, 11) is 0. The monoisotopic (exact) mass is 252 g/mol. The van der Waals surface area contributed by atoms with Crippen LogP contribution in [0.1, 0.15) is 15.9 Å². The van der Waals surface area contributed by atoms with Gasteiger partial charge in [0.15, 0.2) is 5.78 Å². The van der Waals surface area contributed by atoms with Crippen LogP contribution in [0.4, 0.5) is 0 Å². The third kappa shape index (κ3) is 3.63. The zero-order valence-corrected chi connectivity index (χ0v) is 10.7. The first-order valence-electron chi connectivity index (χ1n) is 6.18. The normalized spacial score (nSPS) is 11.8. The van der Waals surface area contributed by atoms with Gasteiger partial charge in [0.25, 0.3) is 0 Å². The van der Waals surface area contributed by atoms with E-state index in [9.17, 15) is 4.79 Å². The van der Waals surface area contributed by atoms with E-state index in [1.807, 2.05) is 48.5 Å². The van der Waals surface area contributed by atoms with Crippen LogP contribution in [0.25, 0.3) is 0 Å². The maximum atomic E-state index is 12.2.